The third-order valence-electron chi connectivity index (χ3n) is 4.85. The summed E-state index contributed by atoms with van der Waals surface area (Å²) in [6, 6.07) is 9.35. The zero-order chi connectivity index (χ0) is 13.8. The van der Waals surface area contributed by atoms with E-state index in [4.69, 9.17) is 4.74 Å². The van der Waals surface area contributed by atoms with Crippen molar-refractivity contribution >= 4 is 0 Å². The van der Waals surface area contributed by atoms with Crippen molar-refractivity contribution in [2.45, 2.75) is 38.3 Å². The maximum absolute atomic E-state index is 5.21. The Balaban J connectivity index is 1.42. The number of nitrogens with one attached hydrogen (secondary N) is 2. The minimum atomic E-state index is 0.544. The molecule has 1 aromatic carbocycles. The highest BCUT2D eigenvalue weighted by Gasteiger charge is 2.41. The molecule has 110 valence electrons. The third kappa shape index (κ3) is 3.40. The summed E-state index contributed by atoms with van der Waals surface area (Å²) < 4.78 is 5.21. The normalized spacial score (nSPS) is 23.4. The molecule has 2 aliphatic rings. The summed E-state index contributed by atoms with van der Waals surface area (Å²) >= 11 is 0. The van der Waals surface area contributed by atoms with Crippen molar-refractivity contribution < 1.29 is 4.74 Å². The summed E-state index contributed by atoms with van der Waals surface area (Å²) in [4.78, 5) is 0. The Bertz CT molecular complexity index is 442. The lowest BCUT2D eigenvalue weighted by atomic mass is 9.95. The van der Waals surface area contributed by atoms with Gasteiger partial charge in [0.15, 0.2) is 0 Å². The molecule has 0 aromatic heterocycles. The first kappa shape index (κ1) is 14.1. The van der Waals surface area contributed by atoms with E-state index >= 15 is 0 Å². The van der Waals surface area contributed by atoms with Crippen LogP contribution in [0.1, 0.15) is 30.4 Å². The van der Waals surface area contributed by atoms with Crippen molar-refractivity contribution in [1.29, 1.82) is 0 Å². The van der Waals surface area contributed by atoms with Gasteiger partial charge in [-0.1, -0.05) is 24.3 Å². The van der Waals surface area contributed by atoms with Crippen LogP contribution in [0.15, 0.2) is 24.3 Å². The predicted molar refractivity (Wildman–Crippen MR) is 81.8 cm³/mol. The quantitative estimate of drug-likeness (QED) is 0.799. The molecule has 0 bridgehead atoms. The summed E-state index contributed by atoms with van der Waals surface area (Å²) in [5.74, 6) is 0. The van der Waals surface area contributed by atoms with Crippen LogP contribution in [0.5, 0.6) is 0 Å². The SMILES string of the molecule is COCCC1(CNCC2Cc3ccccc3CN2)CC1. The van der Waals surface area contributed by atoms with Gasteiger partial charge >= 0.3 is 0 Å². The third-order valence-corrected chi connectivity index (χ3v) is 4.85. The fourth-order valence-corrected chi connectivity index (χ4v) is 3.19. The lowest BCUT2D eigenvalue weighted by Crippen LogP contribution is -2.44. The van der Waals surface area contributed by atoms with Gasteiger partial charge in [0.2, 0.25) is 0 Å². The Labute approximate surface area is 122 Å². The van der Waals surface area contributed by atoms with Crippen LogP contribution in [0.4, 0.5) is 0 Å². The second kappa shape index (κ2) is 6.25. The van der Waals surface area contributed by atoms with E-state index in [0.29, 0.717) is 11.5 Å². The first-order chi connectivity index (χ1) is 9.81. The number of rotatable bonds is 7. The molecule has 1 atom stereocenters. The molecule has 1 fully saturated rings. The van der Waals surface area contributed by atoms with E-state index in [0.717, 1.165) is 32.7 Å². The Kier molecular flexibility index (Phi) is 4.39. The lowest BCUT2D eigenvalue weighted by molar-refractivity contribution is 0.171. The topological polar surface area (TPSA) is 33.3 Å². The minimum absolute atomic E-state index is 0.544. The molecule has 0 saturated heterocycles. The average molecular weight is 274 g/mol. The molecule has 1 aliphatic heterocycles. The molecule has 2 N–H and O–H groups in total. The molecule has 3 nitrogen and oxygen atoms in total. The van der Waals surface area contributed by atoms with Crippen molar-refractivity contribution in [3.8, 4) is 0 Å². The van der Waals surface area contributed by atoms with Crippen molar-refractivity contribution in [1.82, 2.24) is 10.6 Å². The molecular formula is C17H26N2O. The molecular weight excluding hydrogens is 248 g/mol. The van der Waals surface area contributed by atoms with Crippen molar-refractivity contribution in [3.05, 3.63) is 35.4 Å². The van der Waals surface area contributed by atoms with Gasteiger partial charge in [0.05, 0.1) is 0 Å². The van der Waals surface area contributed by atoms with Gasteiger partial charge < -0.3 is 15.4 Å². The number of hydrogen-bond donors (Lipinski definition) is 2. The fraction of sp³-hybridized carbons (Fsp3) is 0.647. The Morgan fingerprint density at radius 3 is 2.85 bits per heavy atom. The summed E-state index contributed by atoms with van der Waals surface area (Å²) in [5.41, 5.74) is 3.52. The van der Waals surface area contributed by atoms with Gasteiger partial charge in [0.25, 0.3) is 0 Å². The molecule has 1 unspecified atom stereocenters. The highest BCUT2D eigenvalue weighted by Crippen LogP contribution is 2.48. The van der Waals surface area contributed by atoms with E-state index in [2.05, 4.69) is 34.9 Å². The van der Waals surface area contributed by atoms with Gasteiger partial charge in [-0.2, -0.15) is 0 Å². The van der Waals surface area contributed by atoms with Crippen LogP contribution in [0.25, 0.3) is 0 Å². The lowest BCUT2D eigenvalue weighted by Gasteiger charge is -2.27. The molecule has 20 heavy (non-hydrogen) atoms. The number of fused-ring (bicyclic) bond motifs is 1. The summed E-state index contributed by atoms with van der Waals surface area (Å²) in [5, 5.41) is 7.32. The van der Waals surface area contributed by atoms with E-state index in [-0.39, 0.29) is 0 Å². The van der Waals surface area contributed by atoms with E-state index in [9.17, 15) is 0 Å². The van der Waals surface area contributed by atoms with Crippen LogP contribution in [0.3, 0.4) is 0 Å². The average Bonchev–Trinajstić information content (AvgIpc) is 3.25. The van der Waals surface area contributed by atoms with Crippen LogP contribution in [-0.2, 0) is 17.7 Å². The van der Waals surface area contributed by atoms with Crippen LogP contribution >= 0.6 is 0 Å². The summed E-state index contributed by atoms with van der Waals surface area (Å²) in [7, 11) is 1.80. The number of benzene rings is 1. The monoisotopic (exact) mass is 274 g/mol. The Morgan fingerprint density at radius 1 is 1.30 bits per heavy atom. The maximum atomic E-state index is 5.21. The highest BCUT2D eigenvalue weighted by molar-refractivity contribution is 5.29. The van der Waals surface area contributed by atoms with Crippen LogP contribution in [-0.4, -0.2) is 32.8 Å². The highest BCUT2D eigenvalue weighted by atomic mass is 16.5. The maximum Gasteiger partial charge on any atom is 0.0468 e. The smallest absolute Gasteiger partial charge is 0.0468 e. The van der Waals surface area contributed by atoms with Crippen LogP contribution in [0, 0.1) is 5.41 Å². The molecule has 0 amide bonds. The van der Waals surface area contributed by atoms with Gasteiger partial charge in [-0.25, -0.2) is 0 Å². The molecule has 1 aliphatic carbocycles. The summed E-state index contributed by atoms with van der Waals surface area (Å²) in [6.07, 6.45) is 5.08. The molecule has 3 rings (SSSR count). The minimum Gasteiger partial charge on any atom is -0.385 e. The van der Waals surface area contributed by atoms with Crippen LogP contribution in [0.2, 0.25) is 0 Å². The van der Waals surface area contributed by atoms with Crippen LogP contribution < -0.4 is 10.6 Å². The first-order valence-electron chi connectivity index (χ1n) is 7.81. The van der Waals surface area contributed by atoms with E-state index in [1.807, 2.05) is 0 Å². The van der Waals surface area contributed by atoms with E-state index in [1.165, 1.54) is 30.4 Å². The van der Waals surface area contributed by atoms with E-state index in [1.54, 1.807) is 7.11 Å². The zero-order valence-corrected chi connectivity index (χ0v) is 12.5. The molecule has 1 saturated carbocycles. The van der Waals surface area contributed by atoms with Gasteiger partial charge in [0, 0.05) is 39.4 Å². The molecule has 1 aromatic rings. The summed E-state index contributed by atoms with van der Waals surface area (Å²) in [6.45, 7) is 4.13. The number of ether oxygens (including phenoxy) is 1. The van der Waals surface area contributed by atoms with Gasteiger partial charge in [-0.3, -0.25) is 0 Å². The Morgan fingerprint density at radius 2 is 2.10 bits per heavy atom. The number of methoxy groups -OCH3 is 1. The van der Waals surface area contributed by atoms with Crippen molar-refractivity contribution in [3.63, 3.8) is 0 Å². The molecule has 1 heterocycles. The van der Waals surface area contributed by atoms with Gasteiger partial charge in [-0.15, -0.1) is 0 Å². The van der Waals surface area contributed by atoms with Crippen molar-refractivity contribution in [2.75, 3.05) is 26.8 Å². The Hall–Kier alpha value is -0.900. The molecule has 3 heteroatoms. The van der Waals surface area contributed by atoms with E-state index < -0.39 is 0 Å². The first-order valence-corrected chi connectivity index (χ1v) is 7.81. The second-order valence-corrected chi connectivity index (χ2v) is 6.42. The zero-order valence-electron chi connectivity index (χ0n) is 12.5. The second-order valence-electron chi connectivity index (χ2n) is 6.42. The van der Waals surface area contributed by atoms with Gasteiger partial charge in [0.1, 0.15) is 0 Å². The standard InChI is InChI=1S/C17H26N2O/c1-20-9-8-17(6-7-17)13-18-12-16-10-14-4-2-3-5-15(14)11-19-16/h2-5,16,18-19H,6-13H2,1H3. The van der Waals surface area contributed by atoms with Gasteiger partial charge in [-0.05, 0) is 42.2 Å². The fourth-order valence-electron chi connectivity index (χ4n) is 3.19. The molecule has 0 spiro atoms. The molecule has 0 radical (unpaired) electrons. The largest absolute Gasteiger partial charge is 0.385 e. The predicted octanol–water partition coefficient (Wildman–Crippen LogP) is 2.11. The number of hydrogen-bond acceptors (Lipinski definition) is 3. The van der Waals surface area contributed by atoms with Crippen molar-refractivity contribution in [2.24, 2.45) is 5.41 Å².